The number of hydrogen-bond donors (Lipinski definition) is 1. The van der Waals surface area contributed by atoms with E-state index in [2.05, 4.69) is 55.3 Å². The molecule has 0 radical (unpaired) electrons. The van der Waals surface area contributed by atoms with Gasteiger partial charge in [0.05, 0.1) is 5.52 Å². The van der Waals surface area contributed by atoms with Crippen LogP contribution in [0, 0.1) is 5.92 Å². The van der Waals surface area contributed by atoms with Crippen LogP contribution < -0.4 is 5.32 Å². The van der Waals surface area contributed by atoms with Crippen molar-refractivity contribution in [2.24, 2.45) is 5.92 Å². The van der Waals surface area contributed by atoms with Gasteiger partial charge in [-0.15, -0.1) is 0 Å². The minimum atomic E-state index is 0.522. The monoisotopic (exact) mass is 228 g/mol. The zero-order valence-corrected chi connectivity index (χ0v) is 10.8. The van der Waals surface area contributed by atoms with Crippen molar-refractivity contribution >= 4 is 10.9 Å². The molecule has 1 atom stereocenters. The molecule has 0 spiro atoms. The summed E-state index contributed by atoms with van der Waals surface area (Å²) in [5, 5.41) is 4.76. The van der Waals surface area contributed by atoms with Crippen molar-refractivity contribution in [3.63, 3.8) is 0 Å². The van der Waals surface area contributed by atoms with Crippen LogP contribution >= 0.6 is 0 Å². The van der Waals surface area contributed by atoms with E-state index in [4.69, 9.17) is 0 Å². The summed E-state index contributed by atoms with van der Waals surface area (Å²) in [6.45, 7) is 7.58. The molecule has 0 aliphatic rings. The molecule has 0 bridgehead atoms. The summed E-state index contributed by atoms with van der Waals surface area (Å²) in [4.78, 5) is 4.46. The lowest BCUT2D eigenvalue weighted by atomic mass is 10.1. The van der Waals surface area contributed by atoms with E-state index in [1.807, 2.05) is 12.3 Å². The van der Waals surface area contributed by atoms with E-state index in [-0.39, 0.29) is 0 Å². The average molecular weight is 228 g/mol. The molecule has 0 amide bonds. The van der Waals surface area contributed by atoms with Crippen molar-refractivity contribution in [2.45, 2.75) is 33.4 Å². The Bertz CT molecular complexity index is 486. The Morgan fingerprint density at radius 3 is 2.65 bits per heavy atom. The third-order valence-electron chi connectivity index (χ3n) is 3.33. The van der Waals surface area contributed by atoms with Crippen LogP contribution in [0.1, 0.15) is 26.3 Å². The van der Waals surface area contributed by atoms with Crippen molar-refractivity contribution in [3.05, 3.63) is 42.1 Å². The molecule has 1 unspecified atom stereocenters. The smallest absolute Gasteiger partial charge is 0.0746 e. The van der Waals surface area contributed by atoms with Gasteiger partial charge in [0.25, 0.3) is 0 Å². The lowest BCUT2D eigenvalue weighted by molar-refractivity contribution is 0.426. The van der Waals surface area contributed by atoms with Crippen molar-refractivity contribution in [3.8, 4) is 0 Å². The molecular formula is C15H20N2. The molecule has 2 aromatic rings. The Morgan fingerprint density at radius 1 is 1.12 bits per heavy atom. The van der Waals surface area contributed by atoms with Gasteiger partial charge in [-0.3, -0.25) is 4.98 Å². The standard InChI is InChI=1S/C15H20N2/c1-11(2)12(3)17-10-14-7-4-6-13-8-5-9-16-15(13)14/h4-9,11-12,17H,10H2,1-3H3. The fourth-order valence-electron chi connectivity index (χ4n) is 1.82. The minimum Gasteiger partial charge on any atom is -0.310 e. The zero-order chi connectivity index (χ0) is 12.3. The van der Waals surface area contributed by atoms with Gasteiger partial charge in [-0.2, -0.15) is 0 Å². The summed E-state index contributed by atoms with van der Waals surface area (Å²) in [6, 6.07) is 11.0. The van der Waals surface area contributed by atoms with E-state index in [0.717, 1.165) is 12.1 Å². The molecule has 2 nitrogen and oxygen atoms in total. The van der Waals surface area contributed by atoms with Crippen LogP contribution in [0.2, 0.25) is 0 Å². The third kappa shape index (κ3) is 2.83. The fourth-order valence-corrected chi connectivity index (χ4v) is 1.82. The van der Waals surface area contributed by atoms with Crippen molar-refractivity contribution in [2.75, 3.05) is 0 Å². The second-order valence-corrected chi connectivity index (χ2v) is 4.91. The summed E-state index contributed by atoms with van der Waals surface area (Å²) in [6.07, 6.45) is 1.86. The van der Waals surface area contributed by atoms with Crippen LogP contribution in [-0.2, 0) is 6.54 Å². The lowest BCUT2D eigenvalue weighted by Gasteiger charge is -2.17. The van der Waals surface area contributed by atoms with E-state index in [0.29, 0.717) is 12.0 Å². The summed E-state index contributed by atoms with van der Waals surface area (Å²) >= 11 is 0. The molecule has 2 rings (SSSR count). The van der Waals surface area contributed by atoms with E-state index in [1.54, 1.807) is 0 Å². The first-order valence-electron chi connectivity index (χ1n) is 6.24. The van der Waals surface area contributed by atoms with Crippen LogP contribution in [0.25, 0.3) is 10.9 Å². The van der Waals surface area contributed by atoms with Crippen molar-refractivity contribution in [1.82, 2.24) is 10.3 Å². The van der Waals surface area contributed by atoms with Crippen molar-refractivity contribution < 1.29 is 0 Å². The third-order valence-corrected chi connectivity index (χ3v) is 3.33. The molecule has 17 heavy (non-hydrogen) atoms. The normalized spacial score (nSPS) is 13.2. The molecule has 1 N–H and O–H groups in total. The van der Waals surface area contributed by atoms with Gasteiger partial charge in [0, 0.05) is 24.2 Å². The van der Waals surface area contributed by atoms with Gasteiger partial charge >= 0.3 is 0 Å². The predicted octanol–water partition coefficient (Wildman–Crippen LogP) is 3.37. The number of hydrogen-bond acceptors (Lipinski definition) is 2. The Balaban J connectivity index is 2.19. The first-order chi connectivity index (χ1) is 8.18. The molecule has 1 heterocycles. The van der Waals surface area contributed by atoms with E-state index < -0.39 is 0 Å². The first-order valence-corrected chi connectivity index (χ1v) is 6.24. The molecule has 90 valence electrons. The quantitative estimate of drug-likeness (QED) is 0.868. The molecule has 2 heteroatoms. The number of pyridine rings is 1. The minimum absolute atomic E-state index is 0.522. The van der Waals surface area contributed by atoms with Gasteiger partial charge in [-0.1, -0.05) is 38.1 Å². The van der Waals surface area contributed by atoms with Gasteiger partial charge in [0.15, 0.2) is 0 Å². The van der Waals surface area contributed by atoms with Gasteiger partial charge in [0.2, 0.25) is 0 Å². The molecule has 0 fully saturated rings. The van der Waals surface area contributed by atoms with Gasteiger partial charge in [0.1, 0.15) is 0 Å². The summed E-state index contributed by atoms with van der Waals surface area (Å²) in [5.41, 5.74) is 2.38. The average Bonchev–Trinajstić information content (AvgIpc) is 2.35. The Labute approximate surface area is 103 Å². The van der Waals surface area contributed by atoms with Gasteiger partial charge in [-0.25, -0.2) is 0 Å². The highest BCUT2D eigenvalue weighted by Crippen LogP contribution is 2.16. The predicted molar refractivity (Wildman–Crippen MR) is 72.9 cm³/mol. The molecule has 0 saturated carbocycles. The maximum absolute atomic E-state index is 4.46. The maximum atomic E-state index is 4.46. The SMILES string of the molecule is CC(C)C(C)NCc1cccc2cccnc12. The Morgan fingerprint density at radius 2 is 1.88 bits per heavy atom. The highest BCUT2D eigenvalue weighted by molar-refractivity contribution is 5.81. The number of para-hydroxylation sites is 1. The number of benzene rings is 1. The molecule has 0 aliphatic carbocycles. The Hall–Kier alpha value is -1.41. The molecule has 1 aromatic heterocycles. The number of rotatable bonds is 4. The highest BCUT2D eigenvalue weighted by atomic mass is 14.9. The second kappa shape index (κ2) is 5.28. The summed E-state index contributed by atoms with van der Waals surface area (Å²) < 4.78 is 0. The zero-order valence-electron chi connectivity index (χ0n) is 10.8. The molecular weight excluding hydrogens is 208 g/mol. The van der Waals surface area contributed by atoms with E-state index in [1.165, 1.54) is 10.9 Å². The first kappa shape index (κ1) is 12.1. The number of nitrogens with one attached hydrogen (secondary N) is 1. The van der Waals surface area contributed by atoms with Crippen LogP contribution in [0.3, 0.4) is 0 Å². The maximum Gasteiger partial charge on any atom is 0.0746 e. The molecule has 0 aliphatic heterocycles. The van der Waals surface area contributed by atoms with Crippen LogP contribution in [0.15, 0.2) is 36.5 Å². The second-order valence-electron chi connectivity index (χ2n) is 4.91. The van der Waals surface area contributed by atoms with Crippen LogP contribution in [-0.4, -0.2) is 11.0 Å². The summed E-state index contributed by atoms with van der Waals surface area (Å²) in [7, 11) is 0. The van der Waals surface area contributed by atoms with Gasteiger partial charge in [-0.05, 0) is 24.5 Å². The molecule has 1 aromatic carbocycles. The Kier molecular flexibility index (Phi) is 3.75. The summed E-state index contributed by atoms with van der Waals surface area (Å²) in [5.74, 6) is 0.651. The number of fused-ring (bicyclic) bond motifs is 1. The largest absolute Gasteiger partial charge is 0.310 e. The number of nitrogens with zero attached hydrogens (tertiary/aromatic N) is 1. The fraction of sp³-hybridized carbons (Fsp3) is 0.400. The highest BCUT2D eigenvalue weighted by Gasteiger charge is 2.07. The topological polar surface area (TPSA) is 24.9 Å². The van der Waals surface area contributed by atoms with Crippen molar-refractivity contribution in [1.29, 1.82) is 0 Å². The van der Waals surface area contributed by atoms with Gasteiger partial charge < -0.3 is 5.32 Å². The van der Waals surface area contributed by atoms with E-state index >= 15 is 0 Å². The van der Waals surface area contributed by atoms with Crippen LogP contribution in [0.4, 0.5) is 0 Å². The van der Waals surface area contributed by atoms with E-state index in [9.17, 15) is 0 Å². The number of aromatic nitrogens is 1. The lowest BCUT2D eigenvalue weighted by Crippen LogP contribution is -2.30. The molecule has 0 saturated heterocycles. The van der Waals surface area contributed by atoms with Crippen LogP contribution in [0.5, 0.6) is 0 Å².